The number of allylic oxidation sites excluding steroid dienone is 1. The molecule has 5 fully saturated rings. The standard InChI is InChI=1S/C27H33N5O2/c1-2-3-9-27(13-19-12-20(19)14-27)17-28-26(34)23-5-4-6-24-29-22(16-32(23)24)25(33)30-21-15-31-10-7-18(21)8-11-31/h3-6,16,18-21H,1,7-15,17H2,(H,28,34)(H,30,33)/t19?,20?,21-,27?/m0/s1. The highest BCUT2D eigenvalue weighted by Crippen LogP contribution is 2.61. The lowest BCUT2D eigenvalue weighted by molar-refractivity contribution is 0.0618. The highest BCUT2D eigenvalue weighted by Gasteiger charge is 2.53. The predicted octanol–water partition coefficient (Wildman–Crippen LogP) is 3.04. The fourth-order valence-electron chi connectivity index (χ4n) is 6.71. The Kier molecular flexibility index (Phi) is 5.34. The second-order valence-electron chi connectivity index (χ2n) is 10.9. The van der Waals surface area contributed by atoms with Crippen LogP contribution in [0.2, 0.25) is 0 Å². The van der Waals surface area contributed by atoms with E-state index in [4.69, 9.17) is 0 Å². The van der Waals surface area contributed by atoms with Gasteiger partial charge in [0.1, 0.15) is 17.0 Å². The van der Waals surface area contributed by atoms with Crippen molar-refractivity contribution >= 4 is 17.5 Å². The third-order valence-corrected chi connectivity index (χ3v) is 8.69. The van der Waals surface area contributed by atoms with Crippen LogP contribution in [-0.4, -0.2) is 58.3 Å². The van der Waals surface area contributed by atoms with Crippen LogP contribution < -0.4 is 10.6 Å². The van der Waals surface area contributed by atoms with Gasteiger partial charge in [0.05, 0.1) is 0 Å². The summed E-state index contributed by atoms with van der Waals surface area (Å²) in [7, 11) is 0. The number of amides is 2. The number of carbonyl (C=O) groups excluding carboxylic acids is 2. The number of carbonyl (C=O) groups is 2. The SMILES string of the molecule is C=C=CCC1(CNC(=O)c2cccc3nc(C(=O)N[C@H]4CN5CCC4CC5)cn23)CC2CC2C1. The van der Waals surface area contributed by atoms with Crippen LogP contribution in [0.25, 0.3) is 5.65 Å². The number of aromatic nitrogens is 2. The van der Waals surface area contributed by atoms with Gasteiger partial charge in [-0.05, 0) is 93.0 Å². The molecule has 0 aromatic carbocycles. The van der Waals surface area contributed by atoms with E-state index >= 15 is 0 Å². The lowest BCUT2D eigenvalue weighted by atomic mass is 9.79. The van der Waals surface area contributed by atoms with Crippen molar-refractivity contribution in [3.63, 3.8) is 0 Å². The summed E-state index contributed by atoms with van der Waals surface area (Å²) in [6.07, 6.45) is 10.6. The number of nitrogens with zero attached hydrogens (tertiary/aromatic N) is 3. The number of pyridine rings is 1. The molecule has 2 aliphatic carbocycles. The summed E-state index contributed by atoms with van der Waals surface area (Å²) in [4.78, 5) is 33.1. The van der Waals surface area contributed by atoms with Crippen molar-refractivity contribution in [1.82, 2.24) is 24.9 Å². The van der Waals surface area contributed by atoms with Crippen LogP contribution in [0.3, 0.4) is 0 Å². The molecule has 2 aromatic heterocycles. The third-order valence-electron chi connectivity index (χ3n) is 8.69. The van der Waals surface area contributed by atoms with Gasteiger partial charge in [0, 0.05) is 25.3 Å². The molecule has 178 valence electrons. The molecule has 34 heavy (non-hydrogen) atoms. The number of imidazole rings is 1. The predicted molar refractivity (Wildman–Crippen MR) is 130 cm³/mol. The second-order valence-corrected chi connectivity index (χ2v) is 10.9. The highest BCUT2D eigenvalue weighted by molar-refractivity contribution is 5.95. The summed E-state index contributed by atoms with van der Waals surface area (Å²) in [6, 6.07) is 5.64. The summed E-state index contributed by atoms with van der Waals surface area (Å²) in [5.41, 5.74) is 4.49. The van der Waals surface area contributed by atoms with Gasteiger partial charge in [0.15, 0.2) is 0 Å². The summed E-state index contributed by atoms with van der Waals surface area (Å²) in [5, 5.41) is 6.38. The Hall–Kier alpha value is -2.89. The van der Waals surface area contributed by atoms with Crippen molar-refractivity contribution in [3.8, 4) is 0 Å². The lowest BCUT2D eigenvalue weighted by Gasteiger charge is -2.44. The molecule has 2 unspecified atom stereocenters. The van der Waals surface area contributed by atoms with E-state index in [9.17, 15) is 9.59 Å². The normalized spacial score (nSPS) is 33.2. The van der Waals surface area contributed by atoms with Crippen LogP contribution in [-0.2, 0) is 0 Å². The molecule has 7 heteroatoms. The van der Waals surface area contributed by atoms with Gasteiger partial charge in [-0.15, -0.1) is 5.73 Å². The molecule has 7 rings (SSSR count). The first kappa shape index (κ1) is 21.6. The van der Waals surface area contributed by atoms with Crippen molar-refractivity contribution < 1.29 is 9.59 Å². The van der Waals surface area contributed by atoms with E-state index in [1.165, 1.54) is 6.42 Å². The lowest BCUT2D eigenvalue weighted by Crippen LogP contribution is -2.57. The molecule has 0 spiro atoms. The average molecular weight is 460 g/mol. The van der Waals surface area contributed by atoms with Crippen LogP contribution in [0.5, 0.6) is 0 Å². The van der Waals surface area contributed by atoms with Gasteiger partial charge in [0.25, 0.3) is 11.8 Å². The summed E-state index contributed by atoms with van der Waals surface area (Å²) < 4.78 is 1.74. The van der Waals surface area contributed by atoms with Crippen LogP contribution in [0.15, 0.2) is 42.8 Å². The maximum Gasteiger partial charge on any atom is 0.271 e. The highest BCUT2D eigenvalue weighted by atomic mass is 16.2. The maximum atomic E-state index is 13.2. The minimum absolute atomic E-state index is 0.108. The first-order chi connectivity index (χ1) is 16.5. The quantitative estimate of drug-likeness (QED) is 0.624. The zero-order chi connectivity index (χ0) is 23.3. The molecule has 0 radical (unpaired) electrons. The van der Waals surface area contributed by atoms with Crippen molar-refractivity contribution in [2.75, 3.05) is 26.2 Å². The molecule has 3 aliphatic heterocycles. The second kappa shape index (κ2) is 8.40. The van der Waals surface area contributed by atoms with Crippen LogP contribution in [0.1, 0.15) is 59.5 Å². The fraction of sp³-hybridized carbons (Fsp3) is 0.556. The third kappa shape index (κ3) is 3.97. The van der Waals surface area contributed by atoms with Gasteiger partial charge < -0.3 is 15.5 Å². The molecule has 2 saturated carbocycles. The van der Waals surface area contributed by atoms with E-state index in [1.54, 1.807) is 16.7 Å². The van der Waals surface area contributed by atoms with Crippen LogP contribution in [0, 0.1) is 23.2 Å². The largest absolute Gasteiger partial charge is 0.350 e. The minimum atomic E-state index is -0.158. The van der Waals surface area contributed by atoms with Crippen molar-refractivity contribution in [3.05, 3.63) is 54.2 Å². The fourth-order valence-corrected chi connectivity index (χ4v) is 6.71. The maximum absolute atomic E-state index is 13.2. The molecule has 7 nitrogen and oxygen atoms in total. The van der Waals surface area contributed by atoms with Crippen molar-refractivity contribution in [2.24, 2.45) is 23.2 Å². The smallest absolute Gasteiger partial charge is 0.271 e. The number of nitrogens with one attached hydrogen (secondary N) is 2. The van der Waals surface area contributed by atoms with Crippen molar-refractivity contribution in [1.29, 1.82) is 0 Å². The van der Waals surface area contributed by atoms with E-state index < -0.39 is 0 Å². The molecule has 2 bridgehead atoms. The summed E-state index contributed by atoms with van der Waals surface area (Å²) >= 11 is 0. The Morgan fingerprint density at radius 2 is 1.97 bits per heavy atom. The van der Waals surface area contributed by atoms with Crippen LogP contribution >= 0.6 is 0 Å². The Labute approximate surface area is 200 Å². The van der Waals surface area contributed by atoms with E-state index in [2.05, 4.69) is 32.8 Å². The zero-order valence-corrected chi connectivity index (χ0v) is 19.6. The molecule has 2 amide bonds. The topological polar surface area (TPSA) is 78.7 Å². The van der Waals surface area contributed by atoms with Crippen LogP contribution in [0.4, 0.5) is 0 Å². The van der Waals surface area contributed by atoms with Gasteiger partial charge in [-0.2, -0.15) is 0 Å². The monoisotopic (exact) mass is 459 g/mol. The van der Waals surface area contributed by atoms with E-state index in [-0.39, 0.29) is 23.3 Å². The molecule has 2 N–H and O–H groups in total. The first-order valence-electron chi connectivity index (χ1n) is 12.7. The Morgan fingerprint density at radius 1 is 1.18 bits per heavy atom. The summed E-state index contributed by atoms with van der Waals surface area (Å²) in [6.45, 7) is 7.55. The number of fused-ring (bicyclic) bond motifs is 5. The summed E-state index contributed by atoms with van der Waals surface area (Å²) in [5.74, 6) is 1.91. The molecule has 2 aromatic rings. The number of rotatable bonds is 7. The number of hydrogen-bond acceptors (Lipinski definition) is 4. The van der Waals surface area contributed by atoms with Gasteiger partial charge in [-0.1, -0.05) is 12.6 Å². The Balaban J connectivity index is 1.16. The number of hydrogen-bond donors (Lipinski definition) is 2. The number of piperidine rings is 3. The molecular formula is C27H33N5O2. The average Bonchev–Trinajstić information content (AvgIpc) is 3.27. The van der Waals surface area contributed by atoms with Gasteiger partial charge >= 0.3 is 0 Å². The first-order valence-corrected chi connectivity index (χ1v) is 12.7. The van der Waals surface area contributed by atoms with Gasteiger partial charge in [-0.3, -0.25) is 14.0 Å². The Morgan fingerprint density at radius 3 is 2.68 bits per heavy atom. The van der Waals surface area contributed by atoms with Gasteiger partial charge in [-0.25, -0.2) is 4.98 Å². The zero-order valence-electron chi connectivity index (χ0n) is 19.6. The molecule has 3 saturated heterocycles. The van der Waals surface area contributed by atoms with E-state index in [1.807, 2.05) is 18.2 Å². The molecule has 3 atom stereocenters. The van der Waals surface area contributed by atoms with E-state index in [0.29, 0.717) is 29.5 Å². The van der Waals surface area contributed by atoms with Gasteiger partial charge in [0.2, 0.25) is 0 Å². The Bertz CT molecular complexity index is 1160. The van der Waals surface area contributed by atoms with Crippen molar-refractivity contribution in [2.45, 2.75) is 44.6 Å². The molecule has 5 aliphatic rings. The minimum Gasteiger partial charge on any atom is -0.350 e. The molecule has 5 heterocycles. The molecular weight excluding hydrogens is 426 g/mol. The van der Waals surface area contributed by atoms with E-state index in [0.717, 1.165) is 63.6 Å².